The van der Waals surface area contributed by atoms with Gasteiger partial charge in [-0.05, 0) is 40.5 Å². The molecule has 1 aliphatic rings. The molecule has 3 heteroatoms. The highest BCUT2D eigenvalue weighted by atomic mass is 16.2. The van der Waals surface area contributed by atoms with E-state index in [1.165, 1.54) is 25.7 Å². The van der Waals surface area contributed by atoms with Crippen LogP contribution < -0.4 is 5.32 Å². The molecule has 100 valence electrons. The van der Waals surface area contributed by atoms with Crippen LogP contribution in [0, 0.1) is 0 Å². The normalized spacial score (nSPS) is 17.4. The van der Waals surface area contributed by atoms with Crippen molar-refractivity contribution in [2.75, 3.05) is 13.1 Å². The van der Waals surface area contributed by atoms with Gasteiger partial charge in [0.25, 0.3) is 0 Å². The number of hydrogen-bond donors (Lipinski definition) is 1. The average Bonchev–Trinajstić information content (AvgIpc) is 2.70. The molecule has 0 saturated heterocycles. The summed E-state index contributed by atoms with van der Waals surface area (Å²) in [6.45, 7) is 10.1. The Hall–Kier alpha value is -0.570. The van der Waals surface area contributed by atoms with E-state index in [4.69, 9.17) is 0 Å². The zero-order valence-corrected chi connectivity index (χ0v) is 11.9. The van der Waals surface area contributed by atoms with Gasteiger partial charge in [0.15, 0.2) is 0 Å². The van der Waals surface area contributed by atoms with Crippen molar-refractivity contribution in [2.24, 2.45) is 0 Å². The number of amides is 1. The highest BCUT2D eigenvalue weighted by molar-refractivity contribution is 5.76. The van der Waals surface area contributed by atoms with Crippen LogP contribution >= 0.6 is 0 Å². The topological polar surface area (TPSA) is 32.3 Å². The Morgan fingerprint density at radius 2 is 1.88 bits per heavy atom. The molecule has 0 aromatic carbocycles. The third-order valence-corrected chi connectivity index (χ3v) is 3.42. The maximum Gasteiger partial charge on any atom is 0.224 e. The van der Waals surface area contributed by atoms with Gasteiger partial charge in [-0.15, -0.1) is 0 Å². The molecule has 0 bridgehead atoms. The average molecular weight is 240 g/mol. The molecule has 0 unspecified atom stereocenters. The maximum absolute atomic E-state index is 12.1. The first-order valence-corrected chi connectivity index (χ1v) is 6.98. The van der Waals surface area contributed by atoms with Gasteiger partial charge in [0, 0.05) is 31.1 Å². The molecule has 0 radical (unpaired) electrons. The largest absolute Gasteiger partial charge is 0.340 e. The van der Waals surface area contributed by atoms with Crippen LogP contribution in [0.2, 0.25) is 0 Å². The van der Waals surface area contributed by atoms with Gasteiger partial charge in [-0.2, -0.15) is 0 Å². The lowest BCUT2D eigenvalue weighted by molar-refractivity contribution is -0.133. The van der Waals surface area contributed by atoms with Crippen LogP contribution in [0.25, 0.3) is 0 Å². The molecule has 1 aliphatic carbocycles. The van der Waals surface area contributed by atoms with Crippen molar-refractivity contribution in [3.8, 4) is 0 Å². The Morgan fingerprint density at radius 3 is 2.35 bits per heavy atom. The Labute approximate surface area is 106 Å². The molecule has 1 rings (SSSR count). The number of rotatable bonds is 5. The molecule has 17 heavy (non-hydrogen) atoms. The minimum Gasteiger partial charge on any atom is -0.340 e. The fourth-order valence-corrected chi connectivity index (χ4v) is 2.54. The molecular formula is C14H28N2O. The summed E-state index contributed by atoms with van der Waals surface area (Å²) in [6.07, 6.45) is 5.60. The molecule has 0 aliphatic heterocycles. The second-order valence-electron chi connectivity index (χ2n) is 6.04. The van der Waals surface area contributed by atoms with Crippen LogP contribution in [0.5, 0.6) is 0 Å². The van der Waals surface area contributed by atoms with Crippen molar-refractivity contribution < 1.29 is 4.79 Å². The van der Waals surface area contributed by atoms with Crippen molar-refractivity contribution in [3.05, 3.63) is 0 Å². The first-order valence-electron chi connectivity index (χ1n) is 6.98. The van der Waals surface area contributed by atoms with E-state index in [1.807, 2.05) is 0 Å². The Bertz CT molecular complexity index is 239. The summed E-state index contributed by atoms with van der Waals surface area (Å²) in [5, 5.41) is 3.37. The second kappa shape index (κ2) is 6.39. The quantitative estimate of drug-likeness (QED) is 0.801. The Kier molecular flexibility index (Phi) is 5.44. The van der Waals surface area contributed by atoms with Crippen LogP contribution in [0.4, 0.5) is 0 Å². The van der Waals surface area contributed by atoms with Crippen LogP contribution in [0.3, 0.4) is 0 Å². The Balaban J connectivity index is 2.33. The van der Waals surface area contributed by atoms with E-state index in [2.05, 4.69) is 37.9 Å². The van der Waals surface area contributed by atoms with Crippen molar-refractivity contribution in [1.82, 2.24) is 10.2 Å². The summed E-state index contributed by atoms with van der Waals surface area (Å²) in [4.78, 5) is 14.2. The van der Waals surface area contributed by atoms with E-state index in [0.29, 0.717) is 18.4 Å². The van der Waals surface area contributed by atoms with E-state index in [9.17, 15) is 4.79 Å². The van der Waals surface area contributed by atoms with E-state index in [-0.39, 0.29) is 5.54 Å². The lowest BCUT2D eigenvalue weighted by Gasteiger charge is -2.28. The van der Waals surface area contributed by atoms with E-state index < -0.39 is 0 Å². The lowest BCUT2D eigenvalue weighted by atomic mass is 10.1. The molecule has 0 atom stereocenters. The van der Waals surface area contributed by atoms with Gasteiger partial charge in [-0.3, -0.25) is 4.79 Å². The third kappa shape index (κ3) is 5.07. The van der Waals surface area contributed by atoms with Crippen molar-refractivity contribution >= 4 is 5.91 Å². The van der Waals surface area contributed by atoms with Crippen LogP contribution in [-0.2, 0) is 4.79 Å². The summed E-state index contributed by atoms with van der Waals surface area (Å²) in [6, 6.07) is 0.516. The summed E-state index contributed by atoms with van der Waals surface area (Å²) < 4.78 is 0. The molecule has 0 heterocycles. The number of nitrogens with zero attached hydrogens (tertiary/aromatic N) is 1. The van der Waals surface area contributed by atoms with Crippen LogP contribution in [0.15, 0.2) is 0 Å². The van der Waals surface area contributed by atoms with E-state index in [0.717, 1.165) is 13.1 Å². The molecular weight excluding hydrogens is 212 g/mol. The first kappa shape index (κ1) is 14.5. The van der Waals surface area contributed by atoms with Crippen molar-refractivity contribution in [3.63, 3.8) is 0 Å². The highest BCUT2D eigenvalue weighted by Crippen LogP contribution is 2.23. The van der Waals surface area contributed by atoms with Crippen molar-refractivity contribution in [2.45, 2.75) is 71.4 Å². The smallest absolute Gasteiger partial charge is 0.224 e. The number of hydrogen-bond acceptors (Lipinski definition) is 2. The monoisotopic (exact) mass is 240 g/mol. The Morgan fingerprint density at radius 1 is 1.29 bits per heavy atom. The van der Waals surface area contributed by atoms with Gasteiger partial charge in [-0.1, -0.05) is 12.8 Å². The lowest BCUT2D eigenvalue weighted by Crippen LogP contribution is -2.42. The molecule has 1 saturated carbocycles. The van der Waals surface area contributed by atoms with Gasteiger partial charge in [0.05, 0.1) is 0 Å². The standard InChI is InChI=1S/C14H28N2O/c1-5-16(12-8-6-7-9-12)13(17)10-11-15-14(2,3)4/h12,15H,5-11H2,1-4H3. The van der Waals surface area contributed by atoms with E-state index >= 15 is 0 Å². The fourth-order valence-electron chi connectivity index (χ4n) is 2.54. The summed E-state index contributed by atoms with van der Waals surface area (Å²) in [5.74, 6) is 0.316. The summed E-state index contributed by atoms with van der Waals surface area (Å²) in [7, 11) is 0. The summed E-state index contributed by atoms with van der Waals surface area (Å²) >= 11 is 0. The predicted molar refractivity (Wildman–Crippen MR) is 72.0 cm³/mol. The molecule has 1 amide bonds. The minimum atomic E-state index is 0.102. The van der Waals surface area contributed by atoms with E-state index in [1.54, 1.807) is 0 Å². The third-order valence-electron chi connectivity index (χ3n) is 3.42. The SMILES string of the molecule is CCN(C(=O)CCNC(C)(C)C)C1CCCC1. The highest BCUT2D eigenvalue weighted by Gasteiger charge is 2.25. The number of carbonyl (C=O) groups is 1. The summed E-state index contributed by atoms with van der Waals surface area (Å²) in [5.41, 5.74) is 0.102. The maximum atomic E-state index is 12.1. The number of nitrogens with one attached hydrogen (secondary N) is 1. The minimum absolute atomic E-state index is 0.102. The first-order chi connectivity index (χ1) is 7.94. The van der Waals surface area contributed by atoms with Gasteiger partial charge in [0.2, 0.25) is 5.91 Å². The zero-order valence-electron chi connectivity index (χ0n) is 11.9. The molecule has 1 N–H and O–H groups in total. The molecule has 0 aromatic heterocycles. The van der Waals surface area contributed by atoms with Gasteiger partial charge in [-0.25, -0.2) is 0 Å². The predicted octanol–water partition coefficient (Wildman–Crippen LogP) is 2.56. The molecule has 1 fully saturated rings. The fraction of sp³-hybridized carbons (Fsp3) is 0.929. The number of carbonyl (C=O) groups excluding carboxylic acids is 1. The second-order valence-corrected chi connectivity index (χ2v) is 6.04. The zero-order chi connectivity index (χ0) is 12.9. The molecule has 0 spiro atoms. The van der Waals surface area contributed by atoms with Crippen LogP contribution in [-0.4, -0.2) is 35.5 Å². The molecule has 3 nitrogen and oxygen atoms in total. The molecule has 0 aromatic rings. The van der Waals surface area contributed by atoms with Gasteiger partial charge >= 0.3 is 0 Å². The van der Waals surface area contributed by atoms with Crippen LogP contribution in [0.1, 0.15) is 59.8 Å². The van der Waals surface area contributed by atoms with Gasteiger partial charge < -0.3 is 10.2 Å². The van der Waals surface area contributed by atoms with Gasteiger partial charge in [0.1, 0.15) is 0 Å². The van der Waals surface area contributed by atoms with Crippen molar-refractivity contribution in [1.29, 1.82) is 0 Å².